The quantitative estimate of drug-likeness (QED) is 0.839. The van der Waals surface area contributed by atoms with Crippen molar-refractivity contribution < 1.29 is 9.53 Å². The summed E-state index contributed by atoms with van der Waals surface area (Å²) in [7, 11) is 0. The summed E-state index contributed by atoms with van der Waals surface area (Å²) in [6.45, 7) is 7.58. The van der Waals surface area contributed by atoms with Crippen LogP contribution < -0.4 is 5.32 Å². The van der Waals surface area contributed by atoms with Gasteiger partial charge in [0.05, 0.1) is 6.61 Å². The van der Waals surface area contributed by atoms with E-state index in [1.54, 1.807) is 0 Å². The van der Waals surface area contributed by atoms with Crippen molar-refractivity contribution in [3.63, 3.8) is 0 Å². The Morgan fingerprint density at radius 3 is 2.67 bits per heavy atom. The lowest BCUT2D eigenvalue weighted by Crippen LogP contribution is -2.53. The van der Waals surface area contributed by atoms with Crippen LogP contribution in [-0.4, -0.2) is 67.3 Å². The SMILES string of the molecule is CCOC[C@@H]1CCN(C(=O)N[C@H]2CCCN(C3CCCCC3)C2)C1. The van der Waals surface area contributed by atoms with Gasteiger partial charge in [-0.3, -0.25) is 4.90 Å². The standard InChI is InChI=1S/C19H35N3O2/c1-2-24-15-16-10-12-22(13-16)19(23)20-17-7-6-11-21(14-17)18-8-4-3-5-9-18/h16-18H,2-15H2,1H3,(H,20,23)/t16-,17+/m1/s1. The molecule has 1 saturated carbocycles. The summed E-state index contributed by atoms with van der Waals surface area (Å²) in [6.07, 6.45) is 10.3. The average Bonchev–Trinajstić information content (AvgIpc) is 3.10. The Kier molecular flexibility index (Phi) is 6.78. The average molecular weight is 338 g/mol. The maximum atomic E-state index is 12.6. The van der Waals surface area contributed by atoms with Crippen molar-refractivity contribution in [3.8, 4) is 0 Å². The third-order valence-electron chi connectivity index (χ3n) is 6.00. The predicted molar refractivity (Wildman–Crippen MR) is 96.2 cm³/mol. The molecule has 2 amide bonds. The van der Waals surface area contributed by atoms with Crippen LogP contribution in [-0.2, 0) is 4.74 Å². The molecular weight excluding hydrogens is 302 g/mol. The fourth-order valence-corrected chi connectivity index (χ4v) is 4.61. The molecule has 2 atom stereocenters. The van der Waals surface area contributed by atoms with Gasteiger partial charge in [0.2, 0.25) is 0 Å². The van der Waals surface area contributed by atoms with Gasteiger partial charge in [-0.2, -0.15) is 0 Å². The van der Waals surface area contributed by atoms with Gasteiger partial charge in [0, 0.05) is 44.2 Å². The zero-order valence-corrected chi connectivity index (χ0v) is 15.3. The number of amides is 2. The van der Waals surface area contributed by atoms with Crippen LogP contribution in [0, 0.1) is 5.92 Å². The fourth-order valence-electron chi connectivity index (χ4n) is 4.61. The Hall–Kier alpha value is -0.810. The van der Waals surface area contributed by atoms with E-state index in [9.17, 15) is 4.79 Å². The molecule has 0 radical (unpaired) electrons. The van der Waals surface area contributed by atoms with E-state index >= 15 is 0 Å². The van der Waals surface area contributed by atoms with Gasteiger partial charge in [0.25, 0.3) is 0 Å². The van der Waals surface area contributed by atoms with Gasteiger partial charge < -0.3 is 15.0 Å². The highest BCUT2D eigenvalue weighted by molar-refractivity contribution is 5.74. The molecule has 0 aromatic rings. The summed E-state index contributed by atoms with van der Waals surface area (Å²) >= 11 is 0. The van der Waals surface area contributed by atoms with Gasteiger partial charge in [-0.1, -0.05) is 19.3 Å². The minimum Gasteiger partial charge on any atom is -0.381 e. The number of carbonyl (C=O) groups is 1. The van der Waals surface area contributed by atoms with Crippen LogP contribution in [0.25, 0.3) is 0 Å². The van der Waals surface area contributed by atoms with Crippen molar-refractivity contribution in [2.24, 2.45) is 5.92 Å². The van der Waals surface area contributed by atoms with Crippen molar-refractivity contribution >= 4 is 6.03 Å². The number of nitrogens with one attached hydrogen (secondary N) is 1. The molecule has 2 heterocycles. The van der Waals surface area contributed by atoms with E-state index in [-0.39, 0.29) is 6.03 Å². The molecule has 2 aliphatic heterocycles. The van der Waals surface area contributed by atoms with E-state index < -0.39 is 0 Å². The van der Waals surface area contributed by atoms with Gasteiger partial charge in [0.1, 0.15) is 0 Å². The molecule has 0 bridgehead atoms. The van der Waals surface area contributed by atoms with Crippen molar-refractivity contribution in [3.05, 3.63) is 0 Å². The molecule has 0 aromatic heterocycles. The van der Waals surface area contributed by atoms with Crippen LogP contribution in [0.15, 0.2) is 0 Å². The number of hydrogen-bond acceptors (Lipinski definition) is 3. The van der Waals surface area contributed by atoms with Crippen molar-refractivity contribution in [2.75, 3.05) is 39.4 Å². The lowest BCUT2D eigenvalue weighted by molar-refractivity contribution is 0.106. The van der Waals surface area contributed by atoms with Crippen LogP contribution in [0.5, 0.6) is 0 Å². The first-order valence-corrected chi connectivity index (χ1v) is 10.1. The van der Waals surface area contributed by atoms with Crippen molar-refractivity contribution in [1.82, 2.24) is 15.1 Å². The summed E-state index contributed by atoms with van der Waals surface area (Å²) in [5, 5.41) is 3.31. The third-order valence-corrected chi connectivity index (χ3v) is 6.00. The molecule has 0 spiro atoms. The van der Waals surface area contributed by atoms with Crippen LogP contribution in [0.4, 0.5) is 4.79 Å². The lowest BCUT2D eigenvalue weighted by Gasteiger charge is -2.40. The van der Waals surface area contributed by atoms with E-state index in [4.69, 9.17) is 4.74 Å². The topological polar surface area (TPSA) is 44.8 Å². The molecule has 24 heavy (non-hydrogen) atoms. The predicted octanol–water partition coefficient (Wildman–Crippen LogP) is 2.85. The second-order valence-corrected chi connectivity index (χ2v) is 7.84. The minimum absolute atomic E-state index is 0.143. The smallest absolute Gasteiger partial charge is 0.317 e. The molecule has 0 aromatic carbocycles. The first-order chi connectivity index (χ1) is 11.8. The molecule has 3 aliphatic rings. The van der Waals surface area contributed by atoms with Crippen LogP contribution >= 0.6 is 0 Å². The van der Waals surface area contributed by atoms with Gasteiger partial charge in [-0.15, -0.1) is 0 Å². The number of carbonyl (C=O) groups excluding carboxylic acids is 1. The van der Waals surface area contributed by atoms with Crippen LogP contribution in [0.2, 0.25) is 0 Å². The van der Waals surface area contributed by atoms with E-state index in [1.807, 2.05) is 11.8 Å². The highest BCUT2D eigenvalue weighted by atomic mass is 16.5. The summed E-state index contributed by atoms with van der Waals surface area (Å²) in [5.41, 5.74) is 0. The minimum atomic E-state index is 0.143. The molecule has 3 rings (SSSR count). The number of piperidine rings is 1. The number of urea groups is 1. The molecular formula is C19H35N3O2. The summed E-state index contributed by atoms with van der Waals surface area (Å²) in [5.74, 6) is 0.515. The van der Waals surface area contributed by atoms with E-state index in [2.05, 4.69) is 10.2 Å². The van der Waals surface area contributed by atoms with Crippen molar-refractivity contribution in [1.29, 1.82) is 0 Å². The maximum absolute atomic E-state index is 12.6. The summed E-state index contributed by atoms with van der Waals surface area (Å²) < 4.78 is 5.51. The molecule has 1 N–H and O–H groups in total. The summed E-state index contributed by atoms with van der Waals surface area (Å²) in [6, 6.07) is 1.24. The largest absolute Gasteiger partial charge is 0.381 e. The molecule has 5 heteroatoms. The van der Waals surface area contributed by atoms with E-state index in [0.717, 1.165) is 51.7 Å². The Morgan fingerprint density at radius 2 is 1.88 bits per heavy atom. The molecule has 2 saturated heterocycles. The Morgan fingerprint density at radius 1 is 1.04 bits per heavy atom. The van der Waals surface area contributed by atoms with E-state index in [0.29, 0.717) is 12.0 Å². The maximum Gasteiger partial charge on any atom is 0.317 e. The van der Waals surface area contributed by atoms with E-state index in [1.165, 1.54) is 45.1 Å². The molecule has 138 valence electrons. The second kappa shape index (κ2) is 9.04. The number of ether oxygens (including phenoxy) is 1. The van der Waals surface area contributed by atoms with Crippen LogP contribution in [0.3, 0.4) is 0 Å². The monoisotopic (exact) mass is 337 g/mol. The van der Waals surface area contributed by atoms with Gasteiger partial charge in [0.15, 0.2) is 0 Å². The fraction of sp³-hybridized carbons (Fsp3) is 0.947. The number of rotatable bonds is 5. The first-order valence-electron chi connectivity index (χ1n) is 10.1. The second-order valence-electron chi connectivity index (χ2n) is 7.84. The molecule has 3 fully saturated rings. The van der Waals surface area contributed by atoms with Crippen LogP contribution in [0.1, 0.15) is 58.3 Å². The number of hydrogen-bond donors (Lipinski definition) is 1. The van der Waals surface area contributed by atoms with Gasteiger partial charge in [-0.25, -0.2) is 4.79 Å². The normalized spacial score (nSPS) is 29.8. The lowest BCUT2D eigenvalue weighted by atomic mass is 9.92. The van der Waals surface area contributed by atoms with Crippen molar-refractivity contribution in [2.45, 2.75) is 70.4 Å². The molecule has 1 aliphatic carbocycles. The highest BCUT2D eigenvalue weighted by Crippen LogP contribution is 2.25. The van der Waals surface area contributed by atoms with Gasteiger partial charge in [-0.05, 0) is 45.6 Å². The zero-order chi connectivity index (χ0) is 16.8. The van der Waals surface area contributed by atoms with Gasteiger partial charge >= 0.3 is 6.03 Å². The first kappa shape index (κ1) is 18.0. The Labute approximate surface area is 147 Å². The highest BCUT2D eigenvalue weighted by Gasteiger charge is 2.31. The molecule has 0 unspecified atom stereocenters. The molecule has 5 nitrogen and oxygen atoms in total. The Bertz CT molecular complexity index is 398. The summed E-state index contributed by atoms with van der Waals surface area (Å²) in [4.78, 5) is 17.2. The Balaban J connectivity index is 1.42. The zero-order valence-electron chi connectivity index (χ0n) is 15.3. The number of likely N-dealkylation sites (tertiary alicyclic amines) is 2. The number of nitrogens with zero attached hydrogens (tertiary/aromatic N) is 2. The third kappa shape index (κ3) is 4.85.